The molecule has 1 aromatic rings. The number of benzene rings is 1. The summed E-state index contributed by atoms with van der Waals surface area (Å²) < 4.78 is 5.11. The van der Waals surface area contributed by atoms with Crippen molar-refractivity contribution in [3.8, 4) is 5.75 Å². The van der Waals surface area contributed by atoms with Crippen molar-refractivity contribution < 1.29 is 9.53 Å². The summed E-state index contributed by atoms with van der Waals surface area (Å²) >= 11 is 1.69. The van der Waals surface area contributed by atoms with Crippen molar-refractivity contribution in [1.29, 1.82) is 0 Å². The van der Waals surface area contributed by atoms with Crippen LogP contribution in [0.25, 0.3) is 0 Å². The number of hydrogen-bond acceptors (Lipinski definition) is 3. The van der Waals surface area contributed by atoms with E-state index < -0.39 is 0 Å². The molecule has 0 spiro atoms. The largest absolute Gasteiger partial charge is 0.497 e. The first-order chi connectivity index (χ1) is 8.96. The summed E-state index contributed by atoms with van der Waals surface area (Å²) in [5.74, 6) is 1.76. The van der Waals surface area contributed by atoms with E-state index in [1.54, 1.807) is 18.9 Å². The van der Waals surface area contributed by atoms with Crippen LogP contribution in [0.4, 0.5) is 0 Å². The molecule has 0 saturated heterocycles. The van der Waals surface area contributed by atoms with Gasteiger partial charge in [-0.15, -0.1) is 11.8 Å². The average Bonchev–Trinajstić information content (AvgIpc) is 2.39. The van der Waals surface area contributed by atoms with Crippen molar-refractivity contribution in [3.05, 3.63) is 24.3 Å². The van der Waals surface area contributed by atoms with E-state index in [1.807, 2.05) is 38.1 Å². The molecule has 1 N–H and O–H groups in total. The Morgan fingerprint density at radius 3 is 2.47 bits per heavy atom. The molecule has 4 heteroatoms. The second-order valence-electron chi connectivity index (χ2n) is 5.06. The number of carbonyl (C=O) groups is 1. The van der Waals surface area contributed by atoms with Crippen molar-refractivity contribution in [1.82, 2.24) is 5.32 Å². The molecule has 1 aromatic carbocycles. The van der Waals surface area contributed by atoms with Crippen LogP contribution in [0, 0.1) is 0 Å². The Hall–Kier alpha value is -1.16. The van der Waals surface area contributed by atoms with Gasteiger partial charge < -0.3 is 10.1 Å². The van der Waals surface area contributed by atoms with E-state index in [-0.39, 0.29) is 11.4 Å². The summed E-state index contributed by atoms with van der Waals surface area (Å²) in [7, 11) is 1.65. The van der Waals surface area contributed by atoms with Gasteiger partial charge in [0.15, 0.2) is 0 Å². The molecule has 3 nitrogen and oxygen atoms in total. The number of methoxy groups -OCH3 is 1. The number of rotatable bonds is 7. The van der Waals surface area contributed by atoms with Crippen molar-refractivity contribution in [2.75, 3.05) is 12.9 Å². The lowest BCUT2D eigenvalue weighted by atomic mass is 10.0. The zero-order valence-corrected chi connectivity index (χ0v) is 13.0. The predicted molar refractivity (Wildman–Crippen MR) is 80.8 cm³/mol. The Balaban J connectivity index is 2.31. The molecule has 0 bridgehead atoms. The Morgan fingerprint density at radius 2 is 1.95 bits per heavy atom. The van der Waals surface area contributed by atoms with Crippen LogP contribution in [0.15, 0.2) is 29.2 Å². The van der Waals surface area contributed by atoms with Gasteiger partial charge in [-0.1, -0.05) is 6.92 Å². The Kier molecular flexibility index (Phi) is 6.22. The van der Waals surface area contributed by atoms with Gasteiger partial charge in [-0.05, 0) is 44.5 Å². The van der Waals surface area contributed by atoms with Gasteiger partial charge in [0, 0.05) is 22.6 Å². The molecule has 0 aromatic heterocycles. The maximum absolute atomic E-state index is 11.8. The van der Waals surface area contributed by atoms with Crippen molar-refractivity contribution in [2.45, 2.75) is 44.0 Å². The monoisotopic (exact) mass is 281 g/mol. The predicted octanol–water partition coefficient (Wildman–Crippen LogP) is 3.48. The van der Waals surface area contributed by atoms with E-state index in [4.69, 9.17) is 4.74 Å². The highest BCUT2D eigenvalue weighted by Crippen LogP contribution is 2.21. The summed E-state index contributed by atoms with van der Waals surface area (Å²) in [4.78, 5) is 12.9. The Labute approximate surface area is 120 Å². The summed E-state index contributed by atoms with van der Waals surface area (Å²) in [5, 5.41) is 3.04. The second-order valence-corrected chi connectivity index (χ2v) is 6.23. The van der Waals surface area contributed by atoms with E-state index in [1.165, 1.54) is 0 Å². The van der Waals surface area contributed by atoms with Gasteiger partial charge in [-0.3, -0.25) is 4.79 Å². The fourth-order valence-electron chi connectivity index (χ4n) is 1.46. The topological polar surface area (TPSA) is 38.3 Å². The first-order valence-corrected chi connectivity index (χ1v) is 7.53. The smallest absolute Gasteiger partial charge is 0.221 e. The van der Waals surface area contributed by atoms with E-state index in [0.717, 1.165) is 22.8 Å². The van der Waals surface area contributed by atoms with Crippen LogP contribution >= 0.6 is 11.8 Å². The quantitative estimate of drug-likeness (QED) is 0.778. The first-order valence-electron chi connectivity index (χ1n) is 6.54. The molecule has 0 unspecified atom stereocenters. The van der Waals surface area contributed by atoms with Crippen LogP contribution in [0.1, 0.15) is 33.6 Å². The lowest BCUT2D eigenvalue weighted by Gasteiger charge is -2.24. The minimum atomic E-state index is -0.109. The van der Waals surface area contributed by atoms with Crippen LogP contribution in [0.3, 0.4) is 0 Å². The third kappa shape index (κ3) is 6.01. The summed E-state index contributed by atoms with van der Waals surface area (Å²) in [6.07, 6.45) is 1.48. The number of hydrogen-bond donors (Lipinski definition) is 1. The molecule has 106 valence electrons. The molecule has 0 heterocycles. The van der Waals surface area contributed by atoms with Crippen molar-refractivity contribution in [2.24, 2.45) is 0 Å². The Bertz CT molecular complexity index is 401. The van der Waals surface area contributed by atoms with Crippen molar-refractivity contribution >= 4 is 17.7 Å². The normalized spacial score (nSPS) is 11.2. The van der Waals surface area contributed by atoms with Crippen molar-refractivity contribution in [3.63, 3.8) is 0 Å². The number of ether oxygens (including phenoxy) is 1. The zero-order valence-electron chi connectivity index (χ0n) is 12.2. The van der Waals surface area contributed by atoms with E-state index in [9.17, 15) is 4.79 Å². The van der Waals surface area contributed by atoms with Gasteiger partial charge in [0.2, 0.25) is 5.91 Å². The van der Waals surface area contributed by atoms with Crippen LogP contribution in [-0.4, -0.2) is 24.3 Å². The lowest BCUT2D eigenvalue weighted by Crippen LogP contribution is -2.42. The van der Waals surface area contributed by atoms with E-state index >= 15 is 0 Å². The van der Waals surface area contributed by atoms with Crippen LogP contribution in [0.2, 0.25) is 0 Å². The molecule has 0 saturated carbocycles. The second kappa shape index (κ2) is 7.43. The van der Waals surface area contributed by atoms with E-state index in [0.29, 0.717) is 6.42 Å². The summed E-state index contributed by atoms with van der Waals surface area (Å²) in [6, 6.07) is 7.89. The number of carbonyl (C=O) groups excluding carboxylic acids is 1. The zero-order chi connectivity index (χ0) is 14.3. The fourth-order valence-corrected chi connectivity index (χ4v) is 2.31. The van der Waals surface area contributed by atoms with Gasteiger partial charge in [-0.2, -0.15) is 0 Å². The lowest BCUT2D eigenvalue weighted by molar-refractivity contribution is -0.122. The van der Waals surface area contributed by atoms with Gasteiger partial charge in [0.1, 0.15) is 5.75 Å². The van der Waals surface area contributed by atoms with Crippen LogP contribution < -0.4 is 10.1 Å². The molecular formula is C15H23NO2S. The standard InChI is InChI=1S/C15H23NO2S/c1-5-15(2,3)16-14(17)10-11-19-13-8-6-12(18-4)7-9-13/h6-9H,5,10-11H2,1-4H3,(H,16,17). The minimum Gasteiger partial charge on any atom is -0.497 e. The number of nitrogens with one attached hydrogen (secondary N) is 1. The summed E-state index contributed by atoms with van der Waals surface area (Å²) in [5.41, 5.74) is -0.109. The minimum absolute atomic E-state index is 0.109. The third-order valence-corrected chi connectivity index (χ3v) is 4.03. The molecule has 1 amide bonds. The van der Waals surface area contributed by atoms with Gasteiger partial charge >= 0.3 is 0 Å². The molecule has 0 fully saturated rings. The first kappa shape index (κ1) is 15.9. The molecule has 0 atom stereocenters. The average molecular weight is 281 g/mol. The molecule has 0 aliphatic rings. The van der Waals surface area contributed by atoms with Gasteiger partial charge in [-0.25, -0.2) is 0 Å². The number of thioether (sulfide) groups is 1. The molecule has 0 aliphatic heterocycles. The highest BCUT2D eigenvalue weighted by atomic mass is 32.2. The van der Waals surface area contributed by atoms with Crippen LogP contribution in [0.5, 0.6) is 5.75 Å². The molecule has 19 heavy (non-hydrogen) atoms. The Morgan fingerprint density at radius 1 is 1.32 bits per heavy atom. The maximum Gasteiger partial charge on any atom is 0.221 e. The third-order valence-electron chi connectivity index (χ3n) is 3.02. The highest BCUT2D eigenvalue weighted by Gasteiger charge is 2.17. The van der Waals surface area contributed by atoms with E-state index in [2.05, 4.69) is 12.2 Å². The molecular weight excluding hydrogens is 258 g/mol. The van der Waals surface area contributed by atoms with Gasteiger partial charge in [0.05, 0.1) is 7.11 Å². The SMILES string of the molecule is CCC(C)(C)NC(=O)CCSc1ccc(OC)cc1. The molecule has 1 rings (SSSR count). The maximum atomic E-state index is 11.8. The van der Waals surface area contributed by atoms with Gasteiger partial charge in [0.25, 0.3) is 0 Å². The van der Waals surface area contributed by atoms with Crippen LogP contribution in [-0.2, 0) is 4.79 Å². The molecule has 0 radical (unpaired) electrons. The summed E-state index contributed by atoms with van der Waals surface area (Å²) in [6.45, 7) is 6.16. The fraction of sp³-hybridized carbons (Fsp3) is 0.533. The number of amides is 1. The molecule has 0 aliphatic carbocycles. The highest BCUT2D eigenvalue weighted by molar-refractivity contribution is 7.99.